The molecule has 0 heterocycles. The minimum absolute atomic E-state index is 0.204. The lowest BCUT2D eigenvalue weighted by atomic mass is 9.98. The van der Waals surface area contributed by atoms with Crippen molar-refractivity contribution in [1.82, 2.24) is 0 Å². The summed E-state index contributed by atoms with van der Waals surface area (Å²) in [6.45, 7) is 2.12. The van der Waals surface area contributed by atoms with Crippen molar-refractivity contribution in [2.45, 2.75) is 38.7 Å². The highest BCUT2D eigenvalue weighted by Gasteiger charge is 2.10. The summed E-state index contributed by atoms with van der Waals surface area (Å²) in [5, 5.41) is 9.38. The first-order valence-electron chi connectivity index (χ1n) is 3.96. The normalized spacial score (nSPS) is 24.6. The van der Waals surface area contributed by atoms with Gasteiger partial charge in [0, 0.05) is 0 Å². The number of aliphatic hydroxyl groups is 1. The Hall–Kier alpha value is -0.520. The summed E-state index contributed by atoms with van der Waals surface area (Å²) < 4.78 is 0. The van der Waals surface area contributed by atoms with Crippen LogP contribution in [0.2, 0.25) is 0 Å². The fraction of sp³-hybridized carbons (Fsp3) is 0.667. The van der Waals surface area contributed by atoms with Crippen LogP contribution >= 0.6 is 0 Å². The van der Waals surface area contributed by atoms with E-state index in [9.17, 15) is 5.11 Å². The molecule has 10 heavy (non-hydrogen) atoms. The van der Waals surface area contributed by atoms with Crippen LogP contribution in [0.4, 0.5) is 0 Å². The van der Waals surface area contributed by atoms with E-state index in [1.807, 2.05) is 6.08 Å². The summed E-state index contributed by atoms with van der Waals surface area (Å²) >= 11 is 0. The molecular weight excluding hydrogens is 124 g/mol. The van der Waals surface area contributed by atoms with Crippen molar-refractivity contribution in [3.63, 3.8) is 0 Å². The average Bonchev–Trinajstić information content (AvgIpc) is 1.94. The third-order valence-corrected chi connectivity index (χ3v) is 1.79. The molecule has 0 saturated carbocycles. The first-order chi connectivity index (χ1) is 4.84. The molecule has 1 aliphatic carbocycles. The van der Waals surface area contributed by atoms with Crippen LogP contribution in [0, 0.1) is 0 Å². The van der Waals surface area contributed by atoms with E-state index >= 15 is 0 Å². The van der Waals surface area contributed by atoms with E-state index in [0.29, 0.717) is 0 Å². The Labute approximate surface area is 62.1 Å². The van der Waals surface area contributed by atoms with Crippen LogP contribution in [0.15, 0.2) is 17.4 Å². The molecule has 1 rings (SSSR count). The summed E-state index contributed by atoms with van der Waals surface area (Å²) in [6.07, 6.45) is 5.80. The Bertz CT molecular complexity index is 164. The molecule has 1 aliphatic rings. The molecule has 0 spiro atoms. The molecule has 1 unspecified atom stereocenters. The molecule has 0 aromatic carbocycles. The molecule has 0 aromatic rings. The van der Waals surface area contributed by atoms with Gasteiger partial charge in [-0.1, -0.05) is 13.3 Å². The largest absolute Gasteiger partial charge is 0.388 e. The number of aliphatic hydroxyl groups excluding tert-OH is 1. The SMILES string of the molecule is CCCC1=C=CCCC1O. The maximum atomic E-state index is 9.38. The van der Waals surface area contributed by atoms with Gasteiger partial charge in [0.25, 0.3) is 0 Å². The van der Waals surface area contributed by atoms with Gasteiger partial charge in [-0.15, -0.1) is 5.73 Å². The molecule has 0 saturated heterocycles. The van der Waals surface area contributed by atoms with Crippen molar-refractivity contribution in [3.8, 4) is 0 Å². The number of hydrogen-bond donors (Lipinski definition) is 1. The first-order valence-corrected chi connectivity index (χ1v) is 3.96. The topological polar surface area (TPSA) is 20.2 Å². The zero-order valence-electron chi connectivity index (χ0n) is 6.43. The molecule has 0 aromatic heterocycles. The lowest BCUT2D eigenvalue weighted by Crippen LogP contribution is -2.11. The van der Waals surface area contributed by atoms with Crippen LogP contribution in [-0.4, -0.2) is 11.2 Å². The van der Waals surface area contributed by atoms with Gasteiger partial charge in [-0.2, -0.15) is 0 Å². The molecule has 1 heteroatoms. The summed E-state index contributed by atoms with van der Waals surface area (Å²) in [4.78, 5) is 0. The van der Waals surface area contributed by atoms with Gasteiger partial charge in [-0.3, -0.25) is 0 Å². The molecule has 1 atom stereocenters. The van der Waals surface area contributed by atoms with E-state index in [0.717, 1.165) is 31.3 Å². The van der Waals surface area contributed by atoms with Crippen molar-refractivity contribution < 1.29 is 5.11 Å². The zero-order chi connectivity index (χ0) is 7.40. The van der Waals surface area contributed by atoms with Gasteiger partial charge in [-0.05, 0) is 30.9 Å². The van der Waals surface area contributed by atoms with Crippen LogP contribution in [0.3, 0.4) is 0 Å². The van der Waals surface area contributed by atoms with Crippen molar-refractivity contribution in [3.05, 3.63) is 17.4 Å². The second kappa shape index (κ2) is 3.60. The number of hydrogen-bond acceptors (Lipinski definition) is 1. The van der Waals surface area contributed by atoms with Gasteiger partial charge in [0.05, 0.1) is 6.10 Å². The van der Waals surface area contributed by atoms with Gasteiger partial charge in [0.2, 0.25) is 0 Å². The summed E-state index contributed by atoms with van der Waals surface area (Å²) in [6, 6.07) is 0. The average molecular weight is 138 g/mol. The minimum atomic E-state index is -0.204. The van der Waals surface area contributed by atoms with Crippen molar-refractivity contribution in [1.29, 1.82) is 0 Å². The second-order valence-corrected chi connectivity index (χ2v) is 2.72. The Balaban J connectivity index is 2.60. The Morgan fingerprint density at radius 3 is 3.20 bits per heavy atom. The van der Waals surface area contributed by atoms with E-state index in [1.165, 1.54) is 0 Å². The molecule has 1 nitrogen and oxygen atoms in total. The molecule has 0 aliphatic heterocycles. The van der Waals surface area contributed by atoms with Gasteiger partial charge in [0.1, 0.15) is 0 Å². The van der Waals surface area contributed by atoms with Crippen LogP contribution in [0.1, 0.15) is 32.6 Å². The van der Waals surface area contributed by atoms with E-state index in [-0.39, 0.29) is 6.10 Å². The molecule has 0 bridgehead atoms. The number of rotatable bonds is 2. The van der Waals surface area contributed by atoms with Gasteiger partial charge in [-0.25, -0.2) is 0 Å². The highest BCUT2D eigenvalue weighted by atomic mass is 16.3. The zero-order valence-corrected chi connectivity index (χ0v) is 6.43. The van der Waals surface area contributed by atoms with Crippen molar-refractivity contribution in [2.75, 3.05) is 0 Å². The lowest BCUT2D eigenvalue weighted by molar-refractivity contribution is 0.195. The molecular formula is C9H14O. The van der Waals surface area contributed by atoms with Crippen LogP contribution < -0.4 is 0 Å². The predicted molar refractivity (Wildman–Crippen MR) is 41.7 cm³/mol. The van der Waals surface area contributed by atoms with Crippen LogP contribution in [-0.2, 0) is 0 Å². The third-order valence-electron chi connectivity index (χ3n) is 1.79. The third kappa shape index (κ3) is 1.73. The van der Waals surface area contributed by atoms with E-state index in [1.54, 1.807) is 0 Å². The fourth-order valence-electron chi connectivity index (χ4n) is 1.22. The monoisotopic (exact) mass is 138 g/mol. The van der Waals surface area contributed by atoms with Crippen LogP contribution in [0.25, 0.3) is 0 Å². The lowest BCUT2D eigenvalue weighted by Gasteiger charge is -2.13. The summed E-state index contributed by atoms with van der Waals surface area (Å²) in [7, 11) is 0. The predicted octanol–water partition coefficient (Wildman–Crippen LogP) is 2.02. The quantitative estimate of drug-likeness (QED) is 0.579. The maximum absolute atomic E-state index is 9.38. The Kier molecular flexibility index (Phi) is 2.73. The maximum Gasteiger partial charge on any atom is 0.0826 e. The Morgan fingerprint density at radius 1 is 1.80 bits per heavy atom. The molecule has 56 valence electrons. The summed E-state index contributed by atoms with van der Waals surface area (Å²) in [5.41, 5.74) is 4.20. The van der Waals surface area contributed by atoms with E-state index in [4.69, 9.17) is 0 Å². The molecule has 0 fully saturated rings. The molecule has 0 radical (unpaired) electrons. The van der Waals surface area contributed by atoms with Crippen LogP contribution in [0.5, 0.6) is 0 Å². The van der Waals surface area contributed by atoms with Gasteiger partial charge >= 0.3 is 0 Å². The summed E-state index contributed by atoms with van der Waals surface area (Å²) in [5.74, 6) is 0. The molecule has 1 N–H and O–H groups in total. The smallest absolute Gasteiger partial charge is 0.0826 e. The minimum Gasteiger partial charge on any atom is -0.388 e. The van der Waals surface area contributed by atoms with Crippen molar-refractivity contribution in [2.24, 2.45) is 0 Å². The van der Waals surface area contributed by atoms with Gasteiger partial charge in [0.15, 0.2) is 0 Å². The van der Waals surface area contributed by atoms with Crippen molar-refractivity contribution >= 4 is 0 Å². The first kappa shape index (κ1) is 7.59. The Morgan fingerprint density at radius 2 is 2.60 bits per heavy atom. The van der Waals surface area contributed by atoms with E-state index < -0.39 is 0 Å². The van der Waals surface area contributed by atoms with Gasteiger partial charge < -0.3 is 5.11 Å². The molecule has 0 amide bonds. The van der Waals surface area contributed by atoms with E-state index in [2.05, 4.69) is 12.7 Å². The second-order valence-electron chi connectivity index (χ2n) is 2.72. The standard InChI is InChI=1S/C9H14O/c1-2-5-8-6-3-4-7-9(8)10/h3,9-10H,2,4-5,7H2,1H3. The highest BCUT2D eigenvalue weighted by molar-refractivity contribution is 5.11. The fourth-order valence-corrected chi connectivity index (χ4v) is 1.22. The highest BCUT2D eigenvalue weighted by Crippen LogP contribution is 2.17.